The molecule has 0 aromatic rings. The second kappa shape index (κ2) is 4.80. The monoisotopic (exact) mass is 235 g/mol. The number of unbranched alkanes of at least 4 members (excludes halogenated alkanes) is 1. The van der Waals surface area contributed by atoms with Crippen LogP contribution in [-0.2, 0) is 10.0 Å². The van der Waals surface area contributed by atoms with Gasteiger partial charge in [0.05, 0.1) is 5.75 Å². The van der Waals surface area contributed by atoms with Crippen molar-refractivity contribution in [2.75, 3.05) is 18.9 Å². The maximum absolute atomic E-state index is 11.5. The summed E-state index contributed by atoms with van der Waals surface area (Å²) in [7, 11) is -3.12. The van der Waals surface area contributed by atoms with Gasteiger partial charge >= 0.3 is 0 Å². The van der Waals surface area contributed by atoms with Gasteiger partial charge in [0, 0.05) is 13.2 Å². The fourth-order valence-corrected chi connectivity index (χ4v) is 2.81. The molecule has 1 fully saturated rings. The van der Waals surface area contributed by atoms with Crippen LogP contribution in [0, 0.1) is 11.3 Å². The van der Waals surface area contributed by atoms with Gasteiger partial charge in [-0.1, -0.05) is 13.8 Å². The third-order valence-electron chi connectivity index (χ3n) is 3.09. The molecule has 5 heteroatoms. The van der Waals surface area contributed by atoms with Crippen molar-refractivity contribution in [3.05, 3.63) is 0 Å². The van der Waals surface area contributed by atoms with Crippen LogP contribution in [0.3, 0.4) is 0 Å². The minimum absolute atomic E-state index is 0.0607. The number of hydrogen-bond donors (Lipinski definition) is 2. The molecule has 0 aromatic heterocycles. The highest BCUT2D eigenvalue weighted by Crippen LogP contribution is 2.51. The van der Waals surface area contributed by atoms with E-state index in [0.717, 1.165) is 6.42 Å². The highest BCUT2D eigenvalue weighted by atomic mass is 32.2. The van der Waals surface area contributed by atoms with Gasteiger partial charge in [0.25, 0.3) is 0 Å². The van der Waals surface area contributed by atoms with E-state index in [2.05, 4.69) is 18.6 Å². The molecule has 0 bridgehead atoms. The van der Waals surface area contributed by atoms with Crippen LogP contribution in [0.1, 0.15) is 33.1 Å². The zero-order valence-electron chi connectivity index (χ0n) is 9.49. The molecule has 0 amide bonds. The first kappa shape index (κ1) is 12.9. The van der Waals surface area contributed by atoms with Crippen LogP contribution < -0.4 is 4.72 Å². The Morgan fingerprint density at radius 3 is 2.47 bits per heavy atom. The van der Waals surface area contributed by atoms with Gasteiger partial charge in [0.1, 0.15) is 0 Å². The normalized spacial score (nSPS) is 24.1. The van der Waals surface area contributed by atoms with Gasteiger partial charge in [-0.05, 0) is 30.6 Å². The van der Waals surface area contributed by atoms with Crippen molar-refractivity contribution in [3.8, 4) is 0 Å². The second-order valence-electron chi connectivity index (χ2n) is 4.99. The minimum atomic E-state index is -3.12. The van der Waals surface area contributed by atoms with Crippen molar-refractivity contribution in [2.45, 2.75) is 33.1 Å². The molecule has 4 nitrogen and oxygen atoms in total. The summed E-state index contributed by atoms with van der Waals surface area (Å²) in [4.78, 5) is 0. The van der Waals surface area contributed by atoms with E-state index in [-0.39, 0.29) is 12.4 Å². The van der Waals surface area contributed by atoms with Crippen molar-refractivity contribution in [3.63, 3.8) is 0 Å². The molecule has 1 atom stereocenters. The predicted octanol–water partition coefficient (Wildman–Crippen LogP) is 0.724. The highest BCUT2D eigenvalue weighted by Gasteiger charge is 2.45. The summed E-state index contributed by atoms with van der Waals surface area (Å²) in [6, 6.07) is 0. The van der Waals surface area contributed by atoms with Gasteiger partial charge in [-0.2, -0.15) is 0 Å². The number of sulfonamides is 1. The third kappa shape index (κ3) is 4.49. The molecule has 0 spiro atoms. The fourth-order valence-electron chi connectivity index (χ4n) is 1.63. The first-order chi connectivity index (χ1) is 6.87. The zero-order chi connectivity index (χ0) is 11.5. The average molecular weight is 235 g/mol. The lowest BCUT2D eigenvalue weighted by molar-refractivity contribution is 0.287. The van der Waals surface area contributed by atoms with E-state index in [1.165, 1.54) is 0 Å². The molecule has 0 radical (unpaired) electrons. The first-order valence-electron chi connectivity index (χ1n) is 5.45. The SMILES string of the molecule is CC1(C)CC1CNS(=O)(=O)CCCCO. The number of aliphatic hydroxyl groups excluding tert-OH is 1. The number of hydrogen-bond acceptors (Lipinski definition) is 3. The molecule has 2 N–H and O–H groups in total. The maximum Gasteiger partial charge on any atom is 0.211 e. The quantitative estimate of drug-likeness (QED) is 0.639. The summed E-state index contributed by atoms with van der Waals surface area (Å²) >= 11 is 0. The smallest absolute Gasteiger partial charge is 0.211 e. The summed E-state index contributed by atoms with van der Waals surface area (Å²) in [5, 5.41) is 8.54. The number of aliphatic hydroxyl groups is 1. The van der Waals surface area contributed by atoms with Gasteiger partial charge in [0.2, 0.25) is 10.0 Å². The Bertz CT molecular complexity index is 298. The van der Waals surface area contributed by atoms with Crippen molar-refractivity contribution in [1.29, 1.82) is 0 Å². The summed E-state index contributed by atoms with van der Waals surface area (Å²) in [6.07, 6.45) is 2.18. The third-order valence-corrected chi connectivity index (χ3v) is 4.52. The predicted molar refractivity (Wildman–Crippen MR) is 60.0 cm³/mol. The highest BCUT2D eigenvalue weighted by molar-refractivity contribution is 7.89. The Balaban J connectivity index is 2.19. The second-order valence-corrected chi connectivity index (χ2v) is 6.91. The molecule has 0 saturated heterocycles. The molecule has 90 valence electrons. The van der Waals surface area contributed by atoms with E-state index in [1.54, 1.807) is 0 Å². The number of nitrogens with one attached hydrogen (secondary N) is 1. The van der Waals surface area contributed by atoms with E-state index in [1.807, 2.05) is 0 Å². The molecule has 0 heterocycles. The van der Waals surface area contributed by atoms with E-state index in [0.29, 0.717) is 30.7 Å². The standard InChI is InChI=1S/C10H21NO3S/c1-10(2)7-9(10)8-11-15(13,14)6-4-3-5-12/h9,11-12H,3-8H2,1-2H3. The molecule has 1 aliphatic carbocycles. The maximum atomic E-state index is 11.5. The van der Waals surface area contributed by atoms with Gasteiger partial charge in [-0.3, -0.25) is 0 Å². The summed E-state index contributed by atoms with van der Waals surface area (Å²) in [6.45, 7) is 4.93. The summed E-state index contributed by atoms with van der Waals surface area (Å²) in [5.74, 6) is 0.617. The van der Waals surface area contributed by atoms with E-state index < -0.39 is 10.0 Å². The van der Waals surface area contributed by atoms with Gasteiger partial charge < -0.3 is 5.11 Å². The molecule has 0 aliphatic heterocycles. The largest absolute Gasteiger partial charge is 0.396 e. The van der Waals surface area contributed by atoms with E-state index in [9.17, 15) is 8.42 Å². The van der Waals surface area contributed by atoms with Crippen LogP contribution in [0.15, 0.2) is 0 Å². The van der Waals surface area contributed by atoms with Crippen LogP contribution in [0.2, 0.25) is 0 Å². The first-order valence-corrected chi connectivity index (χ1v) is 7.11. The van der Waals surface area contributed by atoms with Gasteiger partial charge in [-0.15, -0.1) is 0 Å². The molecule has 1 aliphatic rings. The lowest BCUT2D eigenvalue weighted by Crippen LogP contribution is -2.29. The molecule has 0 aromatic carbocycles. The van der Waals surface area contributed by atoms with Crippen molar-refractivity contribution in [2.24, 2.45) is 11.3 Å². The number of rotatable bonds is 7. The van der Waals surface area contributed by atoms with Crippen LogP contribution in [0.25, 0.3) is 0 Å². The van der Waals surface area contributed by atoms with Crippen LogP contribution >= 0.6 is 0 Å². The Morgan fingerprint density at radius 2 is 2.00 bits per heavy atom. The molecule has 1 rings (SSSR count). The van der Waals surface area contributed by atoms with Crippen molar-refractivity contribution in [1.82, 2.24) is 4.72 Å². The molecule has 1 unspecified atom stereocenters. The van der Waals surface area contributed by atoms with E-state index >= 15 is 0 Å². The Hall–Kier alpha value is -0.130. The van der Waals surface area contributed by atoms with Gasteiger partial charge in [-0.25, -0.2) is 13.1 Å². The average Bonchev–Trinajstić information content (AvgIpc) is 2.71. The fraction of sp³-hybridized carbons (Fsp3) is 1.00. The minimum Gasteiger partial charge on any atom is -0.396 e. The van der Waals surface area contributed by atoms with Crippen LogP contribution in [0.5, 0.6) is 0 Å². The molecular formula is C10H21NO3S. The Kier molecular flexibility index (Phi) is 4.14. The van der Waals surface area contributed by atoms with Crippen molar-refractivity contribution < 1.29 is 13.5 Å². The molecular weight excluding hydrogens is 214 g/mol. The van der Waals surface area contributed by atoms with Crippen LogP contribution in [-0.4, -0.2) is 32.4 Å². The molecule has 1 saturated carbocycles. The lowest BCUT2D eigenvalue weighted by Gasteiger charge is -2.07. The van der Waals surface area contributed by atoms with E-state index in [4.69, 9.17) is 5.11 Å². The lowest BCUT2D eigenvalue weighted by atomic mass is 10.1. The van der Waals surface area contributed by atoms with Crippen molar-refractivity contribution >= 4 is 10.0 Å². The molecule has 15 heavy (non-hydrogen) atoms. The zero-order valence-corrected chi connectivity index (χ0v) is 10.3. The summed E-state index contributed by atoms with van der Waals surface area (Å²) in [5.41, 5.74) is 0.313. The topological polar surface area (TPSA) is 66.4 Å². The Labute approximate surface area is 92.1 Å². The van der Waals surface area contributed by atoms with Crippen LogP contribution in [0.4, 0.5) is 0 Å². The Morgan fingerprint density at radius 1 is 1.40 bits per heavy atom. The van der Waals surface area contributed by atoms with Gasteiger partial charge in [0.15, 0.2) is 0 Å². The summed E-state index contributed by atoms with van der Waals surface area (Å²) < 4.78 is 25.5.